The van der Waals surface area contributed by atoms with Crippen molar-refractivity contribution in [2.75, 3.05) is 0 Å². The van der Waals surface area contributed by atoms with Crippen LogP contribution < -0.4 is 0 Å². The molecule has 2 atom stereocenters. The lowest BCUT2D eigenvalue weighted by atomic mass is 9.79. The van der Waals surface area contributed by atoms with Crippen molar-refractivity contribution in [2.24, 2.45) is 5.41 Å². The molecule has 0 unspecified atom stereocenters. The maximum absolute atomic E-state index is 2.40. The number of hydrogen-bond donors (Lipinski definition) is 0. The van der Waals surface area contributed by atoms with Crippen LogP contribution in [0, 0.1) is 12.3 Å². The van der Waals surface area contributed by atoms with E-state index in [-0.39, 0.29) is 0 Å². The van der Waals surface area contributed by atoms with E-state index < -0.39 is 0 Å². The Labute approximate surface area is 85.6 Å². The molecule has 2 bridgehead atoms. The van der Waals surface area contributed by atoms with Gasteiger partial charge in [0.2, 0.25) is 0 Å². The molecule has 0 radical (unpaired) electrons. The van der Waals surface area contributed by atoms with Crippen LogP contribution >= 0.6 is 0 Å². The number of aryl methyl sites for hydroxylation is 1. The van der Waals surface area contributed by atoms with Crippen LogP contribution in [0.15, 0.2) is 30.4 Å². The van der Waals surface area contributed by atoms with E-state index in [4.69, 9.17) is 0 Å². The van der Waals surface area contributed by atoms with Crippen LogP contribution in [0.25, 0.3) is 0 Å². The van der Waals surface area contributed by atoms with Crippen molar-refractivity contribution < 1.29 is 0 Å². The SMILES string of the molecule is Cc1cccc2c1[C@@H]1C=C[C@H]2C1(C)C. The van der Waals surface area contributed by atoms with Gasteiger partial charge in [-0.15, -0.1) is 0 Å². The van der Waals surface area contributed by atoms with E-state index in [1.807, 2.05) is 0 Å². The zero-order chi connectivity index (χ0) is 9.92. The van der Waals surface area contributed by atoms with Gasteiger partial charge in [0.05, 0.1) is 0 Å². The molecule has 0 N–H and O–H groups in total. The molecule has 2 aliphatic carbocycles. The summed E-state index contributed by atoms with van der Waals surface area (Å²) in [6.45, 7) is 7.02. The Morgan fingerprint density at radius 2 is 1.79 bits per heavy atom. The van der Waals surface area contributed by atoms with Crippen molar-refractivity contribution >= 4 is 0 Å². The van der Waals surface area contributed by atoms with Crippen molar-refractivity contribution in [1.29, 1.82) is 0 Å². The Bertz CT molecular complexity index is 424. The van der Waals surface area contributed by atoms with Crippen molar-refractivity contribution in [3.63, 3.8) is 0 Å². The van der Waals surface area contributed by atoms with Crippen molar-refractivity contribution in [1.82, 2.24) is 0 Å². The molecule has 0 amide bonds. The third-order valence-corrected chi connectivity index (χ3v) is 4.10. The Morgan fingerprint density at radius 3 is 2.50 bits per heavy atom. The molecule has 0 aliphatic heterocycles. The fourth-order valence-corrected chi connectivity index (χ4v) is 3.28. The Morgan fingerprint density at radius 1 is 1.07 bits per heavy atom. The first kappa shape index (κ1) is 8.28. The summed E-state index contributed by atoms with van der Waals surface area (Å²) in [5.74, 6) is 1.31. The van der Waals surface area contributed by atoms with E-state index in [0.717, 1.165) is 0 Å². The third-order valence-electron chi connectivity index (χ3n) is 4.10. The molecule has 72 valence electrons. The van der Waals surface area contributed by atoms with Crippen LogP contribution in [0.3, 0.4) is 0 Å². The first-order valence-electron chi connectivity index (χ1n) is 5.40. The van der Waals surface area contributed by atoms with E-state index in [1.165, 1.54) is 5.56 Å². The molecular weight excluding hydrogens is 168 g/mol. The lowest BCUT2D eigenvalue weighted by Crippen LogP contribution is -2.15. The molecule has 0 nitrogen and oxygen atoms in total. The highest BCUT2D eigenvalue weighted by Crippen LogP contribution is 2.61. The predicted octanol–water partition coefficient (Wildman–Crippen LogP) is 3.77. The second-order valence-corrected chi connectivity index (χ2v) is 5.24. The van der Waals surface area contributed by atoms with Gasteiger partial charge in [-0.1, -0.05) is 44.2 Å². The molecule has 0 heteroatoms. The third kappa shape index (κ3) is 0.755. The summed E-state index contributed by atoms with van der Waals surface area (Å²) in [5, 5.41) is 0. The second-order valence-electron chi connectivity index (χ2n) is 5.24. The average molecular weight is 184 g/mol. The van der Waals surface area contributed by atoms with Gasteiger partial charge in [0, 0.05) is 11.8 Å². The molecule has 0 heterocycles. The molecule has 0 aromatic heterocycles. The first-order chi connectivity index (χ1) is 6.62. The summed E-state index contributed by atoms with van der Waals surface area (Å²) < 4.78 is 0. The lowest BCUT2D eigenvalue weighted by molar-refractivity contribution is 0.343. The molecule has 3 rings (SSSR count). The number of allylic oxidation sites excluding steroid dienone is 2. The highest BCUT2D eigenvalue weighted by Gasteiger charge is 2.48. The van der Waals surface area contributed by atoms with Crippen LogP contribution in [0.5, 0.6) is 0 Å². The van der Waals surface area contributed by atoms with Gasteiger partial charge in [-0.25, -0.2) is 0 Å². The van der Waals surface area contributed by atoms with Gasteiger partial charge in [-0.2, -0.15) is 0 Å². The minimum absolute atomic E-state index is 0.411. The highest BCUT2D eigenvalue weighted by molar-refractivity contribution is 5.54. The van der Waals surface area contributed by atoms with E-state index in [9.17, 15) is 0 Å². The monoisotopic (exact) mass is 184 g/mol. The molecule has 2 aliphatic rings. The Hall–Kier alpha value is -1.04. The quantitative estimate of drug-likeness (QED) is 0.538. The first-order valence-corrected chi connectivity index (χ1v) is 5.40. The van der Waals surface area contributed by atoms with Crippen LogP contribution in [-0.2, 0) is 0 Å². The van der Waals surface area contributed by atoms with Crippen molar-refractivity contribution in [2.45, 2.75) is 32.6 Å². The second kappa shape index (κ2) is 2.31. The fourth-order valence-electron chi connectivity index (χ4n) is 3.28. The number of hydrogen-bond acceptors (Lipinski definition) is 0. The predicted molar refractivity (Wildman–Crippen MR) is 59.6 cm³/mol. The Balaban J connectivity index is 2.29. The molecule has 0 fully saturated rings. The van der Waals surface area contributed by atoms with Gasteiger partial charge in [0.25, 0.3) is 0 Å². The molecule has 14 heavy (non-hydrogen) atoms. The van der Waals surface area contributed by atoms with Crippen LogP contribution in [0.4, 0.5) is 0 Å². The van der Waals surface area contributed by atoms with Gasteiger partial charge < -0.3 is 0 Å². The maximum atomic E-state index is 2.40. The zero-order valence-corrected chi connectivity index (χ0v) is 9.04. The van der Waals surface area contributed by atoms with E-state index in [1.54, 1.807) is 11.1 Å². The van der Waals surface area contributed by atoms with E-state index >= 15 is 0 Å². The summed E-state index contributed by atoms with van der Waals surface area (Å²) >= 11 is 0. The minimum atomic E-state index is 0.411. The van der Waals surface area contributed by atoms with Gasteiger partial charge in [-0.05, 0) is 29.0 Å². The minimum Gasteiger partial charge on any atom is -0.0798 e. The fraction of sp³-hybridized carbons (Fsp3) is 0.429. The van der Waals surface area contributed by atoms with Crippen LogP contribution in [-0.4, -0.2) is 0 Å². The van der Waals surface area contributed by atoms with Gasteiger partial charge >= 0.3 is 0 Å². The molecule has 0 spiro atoms. The van der Waals surface area contributed by atoms with Crippen LogP contribution in [0.1, 0.15) is 42.4 Å². The summed E-state index contributed by atoms with van der Waals surface area (Å²) in [5.41, 5.74) is 5.05. The molecule has 0 saturated heterocycles. The lowest BCUT2D eigenvalue weighted by Gasteiger charge is -2.24. The molecule has 1 aromatic carbocycles. The molecule has 1 aromatic rings. The number of fused-ring (bicyclic) bond motifs is 5. The standard InChI is InChI=1S/C14H16/c1-9-5-4-6-10-11-7-8-12(13(9)10)14(11,2)3/h4-8,11-12H,1-3H3/t11-,12+/m1/s1. The molecule has 0 saturated carbocycles. The van der Waals surface area contributed by atoms with Crippen LogP contribution in [0.2, 0.25) is 0 Å². The van der Waals surface area contributed by atoms with Gasteiger partial charge in [0.1, 0.15) is 0 Å². The summed E-state index contributed by atoms with van der Waals surface area (Å²) in [6, 6.07) is 6.74. The van der Waals surface area contributed by atoms with Gasteiger partial charge in [-0.3, -0.25) is 0 Å². The summed E-state index contributed by atoms with van der Waals surface area (Å²) in [7, 11) is 0. The zero-order valence-electron chi connectivity index (χ0n) is 9.04. The smallest absolute Gasteiger partial charge is 0.00838 e. The van der Waals surface area contributed by atoms with Crippen molar-refractivity contribution in [3.8, 4) is 0 Å². The summed E-state index contributed by atoms with van der Waals surface area (Å²) in [6.07, 6.45) is 4.80. The normalized spacial score (nSPS) is 30.8. The number of rotatable bonds is 0. The topological polar surface area (TPSA) is 0 Å². The highest BCUT2D eigenvalue weighted by atomic mass is 14.5. The van der Waals surface area contributed by atoms with Crippen molar-refractivity contribution in [3.05, 3.63) is 47.0 Å². The summed E-state index contributed by atoms with van der Waals surface area (Å²) in [4.78, 5) is 0. The van der Waals surface area contributed by atoms with Gasteiger partial charge in [0.15, 0.2) is 0 Å². The maximum Gasteiger partial charge on any atom is 0.00838 e. The van der Waals surface area contributed by atoms with E-state index in [0.29, 0.717) is 17.3 Å². The average Bonchev–Trinajstić information content (AvgIpc) is 2.54. The Kier molecular flexibility index (Phi) is 1.36. The molecular formula is C14H16. The number of benzene rings is 1. The van der Waals surface area contributed by atoms with E-state index in [2.05, 4.69) is 51.1 Å². The largest absolute Gasteiger partial charge is 0.0798 e.